The summed E-state index contributed by atoms with van der Waals surface area (Å²) in [5.41, 5.74) is 3.26. The molecular weight excluding hydrogens is 196 g/mol. The van der Waals surface area contributed by atoms with Crippen LogP contribution in [0, 0.1) is 6.92 Å². The summed E-state index contributed by atoms with van der Waals surface area (Å²) < 4.78 is 0. The van der Waals surface area contributed by atoms with Crippen molar-refractivity contribution in [1.29, 1.82) is 0 Å². The second-order valence-corrected chi connectivity index (χ2v) is 3.99. The van der Waals surface area contributed by atoms with Crippen molar-refractivity contribution in [2.75, 3.05) is 0 Å². The molecule has 1 aromatic heterocycles. The molecule has 2 aromatic rings. The quantitative estimate of drug-likeness (QED) is 0.717. The van der Waals surface area contributed by atoms with Crippen LogP contribution in [-0.2, 0) is 0 Å². The number of aryl methyl sites for hydroxylation is 1. The fraction of sp³-hybridized carbons (Fsp3) is 0.429. The number of rotatable bonds is 1. The minimum absolute atomic E-state index is 0.438. The van der Waals surface area contributed by atoms with Crippen LogP contribution >= 0.6 is 0 Å². The lowest BCUT2D eigenvalue weighted by Crippen LogP contribution is -1.95. The van der Waals surface area contributed by atoms with Crippen LogP contribution in [0.1, 0.15) is 44.9 Å². The van der Waals surface area contributed by atoms with Crippen molar-refractivity contribution < 1.29 is 0 Å². The first-order chi connectivity index (χ1) is 7.66. The van der Waals surface area contributed by atoms with Crippen LogP contribution in [0.2, 0.25) is 0 Å². The normalized spacial score (nSPS) is 10.1. The lowest BCUT2D eigenvalue weighted by molar-refractivity contribution is 0.795. The zero-order chi connectivity index (χ0) is 12.1. The van der Waals surface area contributed by atoms with E-state index in [0.717, 1.165) is 11.2 Å². The third kappa shape index (κ3) is 2.78. The van der Waals surface area contributed by atoms with E-state index in [-0.39, 0.29) is 0 Å². The fourth-order valence-electron chi connectivity index (χ4n) is 1.44. The molecule has 2 rings (SSSR count). The number of aromatic nitrogens is 2. The smallest absolute Gasteiger partial charge is 0.0932 e. The minimum Gasteiger partial charge on any atom is -0.155 e. The lowest BCUT2D eigenvalue weighted by Gasteiger charge is -2.04. The third-order valence-corrected chi connectivity index (χ3v) is 2.35. The van der Waals surface area contributed by atoms with Crippen molar-refractivity contribution in [1.82, 2.24) is 10.2 Å². The maximum absolute atomic E-state index is 4.21. The van der Waals surface area contributed by atoms with Crippen LogP contribution < -0.4 is 0 Å². The maximum Gasteiger partial charge on any atom is 0.0932 e. The molecule has 0 aliphatic rings. The Bertz CT molecular complexity index is 461. The van der Waals surface area contributed by atoms with Crippen LogP contribution in [0.15, 0.2) is 24.3 Å². The molecule has 0 saturated heterocycles. The van der Waals surface area contributed by atoms with E-state index in [2.05, 4.69) is 55.2 Å². The summed E-state index contributed by atoms with van der Waals surface area (Å²) in [6.45, 7) is 10.3. The molecule has 2 heteroatoms. The maximum atomic E-state index is 4.21. The van der Waals surface area contributed by atoms with Crippen molar-refractivity contribution in [2.45, 2.75) is 40.5 Å². The van der Waals surface area contributed by atoms with Crippen LogP contribution in [0.5, 0.6) is 0 Å². The summed E-state index contributed by atoms with van der Waals surface area (Å²) in [7, 11) is 0. The molecule has 0 aliphatic heterocycles. The zero-order valence-corrected chi connectivity index (χ0v) is 10.8. The summed E-state index contributed by atoms with van der Waals surface area (Å²) in [4.78, 5) is 0. The largest absolute Gasteiger partial charge is 0.155 e. The minimum atomic E-state index is 0.438. The highest BCUT2D eigenvalue weighted by atomic mass is 15.1. The van der Waals surface area contributed by atoms with Crippen LogP contribution in [0.3, 0.4) is 0 Å². The molecule has 0 fully saturated rings. The predicted molar refractivity (Wildman–Crippen MR) is 69.7 cm³/mol. The highest BCUT2D eigenvalue weighted by Crippen LogP contribution is 2.17. The van der Waals surface area contributed by atoms with Crippen molar-refractivity contribution >= 4 is 10.9 Å². The molecule has 0 atom stereocenters. The van der Waals surface area contributed by atoms with Gasteiger partial charge in [-0.25, -0.2) is 0 Å². The molecular formula is C14H20N2. The first kappa shape index (κ1) is 12.6. The molecule has 0 radical (unpaired) electrons. The van der Waals surface area contributed by atoms with Crippen molar-refractivity contribution in [3.63, 3.8) is 0 Å². The van der Waals surface area contributed by atoms with Crippen molar-refractivity contribution in [3.05, 3.63) is 35.5 Å². The molecule has 1 aromatic carbocycles. The molecule has 0 aliphatic carbocycles. The molecule has 0 amide bonds. The van der Waals surface area contributed by atoms with E-state index in [9.17, 15) is 0 Å². The van der Waals surface area contributed by atoms with Crippen LogP contribution in [0.4, 0.5) is 0 Å². The molecule has 0 N–H and O–H groups in total. The fourth-order valence-corrected chi connectivity index (χ4v) is 1.44. The van der Waals surface area contributed by atoms with Gasteiger partial charge in [-0.05, 0) is 30.5 Å². The molecule has 0 unspecified atom stereocenters. The van der Waals surface area contributed by atoms with Crippen LogP contribution in [0.25, 0.3) is 10.9 Å². The van der Waals surface area contributed by atoms with Gasteiger partial charge in [0.15, 0.2) is 0 Å². The van der Waals surface area contributed by atoms with E-state index in [1.54, 1.807) is 0 Å². The Hall–Kier alpha value is -1.44. The molecule has 86 valence electrons. The van der Waals surface area contributed by atoms with Gasteiger partial charge in [0.25, 0.3) is 0 Å². The SMILES string of the molecule is CC.Cc1ccc2cc(C(C)C)nnc2c1. The second kappa shape index (κ2) is 5.59. The van der Waals surface area contributed by atoms with E-state index < -0.39 is 0 Å². The molecule has 16 heavy (non-hydrogen) atoms. The second-order valence-electron chi connectivity index (χ2n) is 3.99. The van der Waals surface area contributed by atoms with Crippen LogP contribution in [-0.4, -0.2) is 10.2 Å². The molecule has 2 nitrogen and oxygen atoms in total. The van der Waals surface area contributed by atoms with Gasteiger partial charge in [-0.15, -0.1) is 0 Å². The number of benzene rings is 1. The monoisotopic (exact) mass is 216 g/mol. The van der Waals surface area contributed by atoms with Gasteiger partial charge in [0.1, 0.15) is 0 Å². The molecule has 0 spiro atoms. The van der Waals surface area contributed by atoms with E-state index in [1.165, 1.54) is 10.9 Å². The average molecular weight is 216 g/mol. The Kier molecular flexibility index (Phi) is 4.41. The summed E-state index contributed by atoms with van der Waals surface area (Å²) in [5.74, 6) is 0.438. The number of hydrogen-bond acceptors (Lipinski definition) is 2. The van der Waals surface area contributed by atoms with Gasteiger partial charge in [0.05, 0.1) is 11.2 Å². The Morgan fingerprint density at radius 2 is 1.69 bits per heavy atom. The third-order valence-electron chi connectivity index (χ3n) is 2.35. The summed E-state index contributed by atoms with van der Waals surface area (Å²) in [6, 6.07) is 8.39. The van der Waals surface area contributed by atoms with E-state index in [1.807, 2.05) is 13.8 Å². The Morgan fingerprint density at radius 3 is 2.31 bits per heavy atom. The highest BCUT2D eigenvalue weighted by molar-refractivity contribution is 5.78. The Morgan fingerprint density at radius 1 is 1.00 bits per heavy atom. The molecule has 1 heterocycles. The predicted octanol–water partition coefficient (Wildman–Crippen LogP) is 4.09. The van der Waals surface area contributed by atoms with E-state index in [0.29, 0.717) is 5.92 Å². The van der Waals surface area contributed by atoms with Gasteiger partial charge in [-0.2, -0.15) is 10.2 Å². The van der Waals surface area contributed by atoms with Gasteiger partial charge in [0.2, 0.25) is 0 Å². The summed E-state index contributed by atoms with van der Waals surface area (Å²) in [6.07, 6.45) is 0. The van der Waals surface area contributed by atoms with E-state index in [4.69, 9.17) is 0 Å². The number of hydrogen-bond donors (Lipinski definition) is 0. The van der Waals surface area contributed by atoms with E-state index >= 15 is 0 Å². The zero-order valence-electron chi connectivity index (χ0n) is 10.8. The molecule has 0 saturated carbocycles. The number of fused-ring (bicyclic) bond motifs is 1. The van der Waals surface area contributed by atoms with Gasteiger partial charge in [0, 0.05) is 5.39 Å². The van der Waals surface area contributed by atoms with Gasteiger partial charge in [-0.3, -0.25) is 0 Å². The summed E-state index contributed by atoms with van der Waals surface area (Å²) in [5, 5.41) is 9.59. The lowest BCUT2D eigenvalue weighted by atomic mass is 10.1. The first-order valence-corrected chi connectivity index (χ1v) is 5.91. The number of nitrogens with zero attached hydrogens (tertiary/aromatic N) is 2. The van der Waals surface area contributed by atoms with Gasteiger partial charge < -0.3 is 0 Å². The standard InChI is InChI=1S/C12H14N2.C2H6/c1-8(2)11-7-10-5-4-9(3)6-12(10)14-13-11;1-2/h4-8H,1-3H3;1-2H3. The van der Waals surface area contributed by atoms with Crippen molar-refractivity contribution in [3.8, 4) is 0 Å². The topological polar surface area (TPSA) is 25.8 Å². The average Bonchev–Trinajstić information content (AvgIpc) is 2.30. The highest BCUT2D eigenvalue weighted by Gasteiger charge is 2.03. The summed E-state index contributed by atoms with van der Waals surface area (Å²) >= 11 is 0. The molecule has 0 bridgehead atoms. The first-order valence-electron chi connectivity index (χ1n) is 5.91. The van der Waals surface area contributed by atoms with Gasteiger partial charge >= 0.3 is 0 Å². The van der Waals surface area contributed by atoms with Crippen molar-refractivity contribution in [2.24, 2.45) is 0 Å². The Labute approximate surface area is 97.7 Å². The van der Waals surface area contributed by atoms with Gasteiger partial charge in [-0.1, -0.05) is 39.8 Å². The Balaban J connectivity index is 0.000000606.